The lowest BCUT2D eigenvalue weighted by atomic mass is 10.1. The molecule has 0 saturated carbocycles. The third kappa shape index (κ3) is 2.30. The maximum Gasteiger partial charge on any atom is 0.140 e. The second kappa shape index (κ2) is 4.06. The molecule has 14 heavy (non-hydrogen) atoms. The van der Waals surface area contributed by atoms with Gasteiger partial charge in [-0.1, -0.05) is 0 Å². The maximum atomic E-state index is 9.18. The summed E-state index contributed by atoms with van der Waals surface area (Å²) < 4.78 is 1.74. The van der Waals surface area contributed by atoms with E-state index in [9.17, 15) is 5.11 Å². The van der Waals surface area contributed by atoms with Gasteiger partial charge in [-0.3, -0.25) is 9.58 Å². The summed E-state index contributed by atoms with van der Waals surface area (Å²) in [7, 11) is 3.83. The number of aromatic nitrogens is 3. The van der Waals surface area contributed by atoms with Gasteiger partial charge in [-0.2, -0.15) is 5.10 Å². The first-order chi connectivity index (χ1) is 6.47. The number of nitrogens with zero attached hydrogens (tertiary/aromatic N) is 4. The van der Waals surface area contributed by atoms with Crippen LogP contribution in [0.3, 0.4) is 0 Å². The minimum atomic E-state index is -0.230. The molecule has 0 aliphatic heterocycles. The van der Waals surface area contributed by atoms with Crippen molar-refractivity contribution in [3.05, 3.63) is 12.2 Å². The first-order valence-electron chi connectivity index (χ1n) is 4.62. The number of rotatable bonds is 4. The van der Waals surface area contributed by atoms with Crippen LogP contribution in [0.4, 0.5) is 0 Å². The van der Waals surface area contributed by atoms with E-state index in [0.717, 1.165) is 5.82 Å². The summed E-state index contributed by atoms with van der Waals surface area (Å²) in [6.07, 6.45) is 1.54. The monoisotopic (exact) mass is 198 g/mol. The average molecular weight is 198 g/mol. The normalized spacial score (nSPS) is 12.4. The van der Waals surface area contributed by atoms with E-state index in [1.54, 1.807) is 4.68 Å². The Hall–Kier alpha value is -0.940. The fraction of sp³-hybridized carbons (Fsp3) is 0.778. The maximum absolute atomic E-state index is 9.18. The lowest BCUT2D eigenvalue weighted by Crippen LogP contribution is -2.44. The molecular weight excluding hydrogens is 180 g/mol. The molecule has 1 heterocycles. The minimum absolute atomic E-state index is 0.126. The summed E-state index contributed by atoms with van der Waals surface area (Å²) in [6, 6.07) is 0. The van der Waals surface area contributed by atoms with Crippen LogP contribution in [-0.2, 0) is 13.6 Å². The van der Waals surface area contributed by atoms with Crippen molar-refractivity contribution >= 4 is 0 Å². The highest BCUT2D eigenvalue weighted by Crippen LogP contribution is 2.13. The van der Waals surface area contributed by atoms with Gasteiger partial charge in [0.1, 0.15) is 12.2 Å². The SMILES string of the molecule is CN(Cc1ncnn1C)C(C)(C)CO. The fourth-order valence-electron chi connectivity index (χ4n) is 1.01. The molecule has 0 saturated heterocycles. The number of aliphatic hydroxyl groups excluding tert-OH is 1. The second-order valence-corrected chi connectivity index (χ2v) is 4.13. The molecule has 1 rings (SSSR count). The number of aryl methyl sites for hydroxylation is 1. The van der Waals surface area contributed by atoms with Crippen LogP contribution in [0.1, 0.15) is 19.7 Å². The predicted molar refractivity (Wildman–Crippen MR) is 53.6 cm³/mol. The minimum Gasteiger partial charge on any atom is -0.394 e. The Morgan fingerprint density at radius 3 is 2.64 bits per heavy atom. The van der Waals surface area contributed by atoms with Crippen LogP contribution in [0.2, 0.25) is 0 Å². The quantitative estimate of drug-likeness (QED) is 0.741. The largest absolute Gasteiger partial charge is 0.394 e. The lowest BCUT2D eigenvalue weighted by Gasteiger charge is -2.33. The Bertz CT molecular complexity index is 295. The summed E-state index contributed by atoms with van der Waals surface area (Å²) in [5.74, 6) is 0.897. The molecule has 0 atom stereocenters. The Labute approximate surface area is 84.4 Å². The zero-order valence-corrected chi connectivity index (χ0v) is 9.23. The van der Waals surface area contributed by atoms with Gasteiger partial charge in [-0.15, -0.1) is 0 Å². The molecule has 5 nitrogen and oxygen atoms in total. The van der Waals surface area contributed by atoms with Crippen molar-refractivity contribution in [2.24, 2.45) is 7.05 Å². The molecule has 1 N–H and O–H groups in total. The van der Waals surface area contributed by atoms with Crippen molar-refractivity contribution in [3.63, 3.8) is 0 Å². The molecule has 0 unspecified atom stereocenters. The Balaban J connectivity index is 2.66. The molecule has 0 radical (unpaired) electrons. The van der Waals surface area contributed by atoms with E-state index in [-0.39, 0.29) is 12.1 Å². The van der Waals surface area contributed by atoms with E-state index in [1.807, 2.05) is 27.9 Å². The van der Waals surface area contributed by atoms with Crippen LogP contribution in [0, 0.1) is 0 Å². The van der Waals surface area contributed by atoms with Gasteiger partial charge in [0, 0.05) is 12.6 Å². The Kier molecular flexibility index (Phi) is 3.23. The predicted octanol–water partition coefficient (Wildman–Crippen LogP) is 0.0178. The van der Waals surface area contributed by atoms with Crippen LogP contribution in [0.5, 0.6) is 0 Å². The molecular formula is C9H18N4O. The van der Waals surface area contributed by atoms with Crippen LogP contribution in [-0.4, -0.2) is 44.0 Å². The van der Waals surface area contributed by atoms with Gasteiger partial charge in [-0.25, -0.2) is 4.98 Å². The standard InChI is InChI=1S/C9H18N4O/c1-9(2,6-14)12(3)5-8-10-7-11-13(8)4/h7,14H,5-6H2,1-4H3. The van der Waals surface area contributed by atoms with Gasteiger partial charge in [-0.05, 0) is 20.9 Å². The molecule has 80 valence electrons. The first-order valence-corrected chi connectivity index (χ1v) is 4.62. The molecule has 0 aromatic carbocycles. The van der Waals surface area contributed by atoms with E-state index in [0.29, 0.717) is 6.54 Å². The third-order valence-corrected chi connectivity index (χ3v) is 2.60. The number of aliphatic hydroxyl groups is 1. The summed E-state index contributed by atoms with van der Waals surface area (Å²) in [5.41, 5.74) is -0.230. The van der Waals surface area contributed by atoms with Crippen LogP contribution in [0.25, 0.3) is 0 Å². The average Bonchev–Trinajstić information content (AvgIpc) is 2.52. The van der Waals surface area contributed by atoms with Gasteiger partial charge in [0.15, 0.2) is 0 Å². The highest BCUT2D eigenvalue weighted by molar-refractivity contribution is 4.87. The molecule has 0 aliphatic carbocycles. The van der Waals surface area contributed by atoms with Gasteiger partial charge >= 0.3 is 0 Å². The molecule has 0 amide bonds. The van der Waals surface area contributed by atoms with Crippen molar-refractivity contribution < 1.29 is 5.11 Å². The molecule has 0 aliphatic rings. The second-order valence-electron chi connectivity index (χ2n) is 4.13. The highest BCUT2D eigenvalue weighted by atomic mass is 16.3. The van der Waals surface area contributed by atoms with E-state index < -0.39 is 0 Å². The number of likely N-dealkylation sites (N-methyl/N-ethyl adjacent to an activating group) is 1. The van der Waals surface area contributed by atoms with Gasteiger partial charge < -0.3 is 5.11 Å². The van der Waals surface area contributed by atoms with E-state index in [1.165, 1.54) is 6.33 Å². The van der Waals surface area contributed by atoms with E-state index >= 15 is 0 Å². The van der Waals surface area contributed by atoms with E-state index in [2.05, 4.69) is 15.0 Å². The Morgan fingerprint density at radius 1 is 1.57 bits per heavy atom. The van der Waals surface area contributed by atoms with Gasteiger partial charge in [0.05, 0.1) is 13.2 Å². The topological polar surface area (TPSA) is 54.2 Å². The molecule has 0 fully saturated rings. The molecule has 0 bridgehead atoms. The van der Waals surface area contributed by atoms with Crippen LogP contribution >= 0.6 is 0 Å². The van der Waals surface area contributed by atoms with E-state index in [4.69, 9.17) is 0 Å². The third-order valence-electron chi connectivity index (χ3n) is 2.60. The summed E-state index contributed by atoms with van der Waals surface area (Å²) in [5, 5.41) is 13.2. The number of hydrogen-bond acceptors (Lipinski definition) is 4. The highest BCUT2D eigenvalue weighted by Gasteiger charge is 2.23. The smallest absolute Gasteiger partial charge is 0.140 e. The fourth-order valence-corrected chi connectivity index (χ4v) is 1.01. The lowest BCUT2D eigenvalue weighted by molar-refractivity contribution is 0.0705. The molecule has 1 aromatic rings. The summed E-state index contributed by atoms with van der Waals surface area (Å²) >= 11 is 0. The summed E-state index contributed by atoms with van der Waals surface area (Å²) in [4.78, 5) is 6.18. The zero-order valence-electron chi connectivity index (χ0n) is 9.23. The van der Waals surface area contributed by atoms with Gasteiger partial charge in [0.2, 0.25) is 0 Å². The van der Waals surface area contributed by atoms with Crippen molar-refractivity contribution in [1.82, 2.24) is 19.7 Å². The van der Waals surface area contributed by atoms with Crippen molar-refractivity contribution in [3.8, 4) is 0 Å². The summed E-state index contributed by atoms with van der Waals surface area (Å²) in [6.45, 7) is 4.79. The molecule has 0 spiro atoms. The molecule has 1 aromatic heterocycles. The van der Waals surface area contributed by atoms with Crippen LogP contribution in [0.15, 0.2) is 6.33 Å². The van der Waals surface area contributed by atoms with Crippen LogP contribution < -0.4 is 0 Å². The number of hydrogen-bond donors (Lipinski definition) is 1. The zero-order chi connectivity index (χ0) is 10.8. The van der Waals surface area contributed by atoms with Crippen molar-refractivity contribution in [2.45, 2.75) is 25.9 Å². The van der Waals surface area contributed by atoms with Crippen molar-refractivity contribution in [2.75, 3.05) is 13.7 Å². The molecule has 5 heteroatoms. The van der Waals surface area contributed by atoms with Gasteiger partial charge in [0.25, 0.3) is 0 Å². The van der Waals surface area contributed by atoms with Crippen molar-refractivity contribution in [1.29, 1.82) is 0 Å². The first kappa shape index (κ1) is 11.1. The Morgan fingerprint density at radius 2 is 2.21 bits per heavy atom.